The molecule has 2 rings (SSSR count). The lowest BCUT2D eigenvalue weighted by molar-refractivity contribution is 0.673. The van der Waals surface area contributed by atoms with E-state index in [4.69, 9.17) is 11.6 Å². The first-order chi connectivity index (χ1) is 10.2. The van der Waals surface area contributed by atoms with Gasteiger partial charge in [0.05, 0.1) is 0 Å². The molecule has 112 valence electrons. The van der Waals surface area contributed by atoms with E-state index in [0.717, 1.165) is 31.1 Å². The summed E-state index contributed by atoms with van der Waals surface area (Å²) in [6.07, 6.45) is 1.14. The molecule has 21 heavy (non-hydrogen) atoms. The van der Waals surface area contributed by atoms with Crippen LogP contribution in [0.1, 0.15) is 24.5 Å². The minimum atomic E-state index is 0.782. The Morgan fingerprint density at radius 3 is 2.57 bits per heavy atom. The van der Waals surface area contributed by atoms with Gasteiger partial charge in [0.1, 0.15) is 0 Å². The van der Waals surface area contributed by atoms with Gasteiger partial charge in [-0.15, -0.1) is 0 Å². The maximum atomic E-state index is 6.18. The maximum absolute atomic E-state index is 6.18. The van der Waals surface area contributed by atoms with Crippen molar-refractivity contribution in [3.63, 3.8) is 0 Å². The van der Waals surface area contributed by atoms with Crippen LogP contribution in [0.2, 0.25) is 5.02 Å². The lowest BCUT2D eigenvalue weighted by Crippen LogP contribution is -2.21. The van der Waals surface area contributed by atoms with Gasteiger partial charge in [-0.1, -0.05) is 54.9 Å². The first-order valence-corrected chi connectivity index (χ1v) is 7.82. The Hall–Kier alpha value is -1.51. The van der Waals surface area contributed by atoms with Crippen LogP contribution in [0, 0.1) is 0 Å². The monoisotopic (exact) mass is 302 g/mol. The third kappa shape index (κ3) is 4.76. The normalized spacial score (nSPS) is 10.6. The minimum Gasteiger partial charge on any atom is -0.370 e. The third-order valence-electron chi connectivity index (χ3n) is 3.46. The average molecular weight is 303 g/mol. The highest BCUT2D eigenvalue weighted by Gasteiger charge is 2.09. The molecule has 0 unspecified atom stereocenters. The Bertz CT molecular complexity index is 554. The van der Waals surface area contributed by atoms with Crippen molar-refractivity contribution in [3.05, 3.63) is 64.7 Å². The number of hydrogen-bond acceptors (Lipinski definition) is 2. The lowest BCUT2D eigenvalue weighted by Gasteiger charge is -2.23. The summed E-state index contributed by atoms with van der Waals surface area (Å²) in [5.41, 5.74) is 3.77. The fourth-order valence-corrected chi connectivity index (χ4v) is 2.55. The van der Waals surface area contributed by atoms with Crippen molar-refractivity contribution in [2.24, 2.45) is 0 Å². The van der Waals surface area contributed by atoms with E-state index < -0.39 is 0 Å². The number of hydrogen-bond donors (Lipinski definition) is 1. The molecule has 0 bridgehead atoms. The zero-order chi connectivity index (χ0) is 15.1. The third-order valence-corrected chi connectivity index (χ3v) is 3.70. The van der Waals surface area contributed by atoms with Crippen LogP contribution in [0.4, 0.5) is 5.69 Å². The van der Waals surface area contributed by atoms with E-state index in [-0.39, 0.29) is 0 Å². The molecule has 0 aliphatic rings. The van der Waals surface area contributed by atoms with Gasteiger partial charge in [-0.3, -0.25) is 0 Å². The smallest absolute Gasteiger partial charge is 0.0427 e. The summed E-state index contributed by atoms with van der Waals surface area (Å²) in [6, 6.07) is 16.6. The van der Waals surface area contributed by atoms with Crippen molar-refractivity contribution in [1.82, 2.24) is 5.32 Å². The molecule has 0 aliphatic carbocycles. The van der Waals surface area contributed by atoms with Gasteiger partial charge >= 0.3 is 0 Å². The summed E-state index contributed by atoms with van der Waals surface area (Å²) >= 11 is 6.18. The molecule has 0 fully saturated rings. The quantitative estimate of drug-likeness (QED) is 0.759. The molecule has 0 atom stereocenters. The van der Waals surface area contributed by atoms with Gasteiger partial charge in [-0.05, 0) is 36.2 Å². The van der Waals surface area contributed by atoms with Crippen LogP contribution in [-0.4, -0.2) is 13.6 Å². The van der Waals surface area contributed by atoms with Gasteiger partial charge in [0.2, 0.25) is 0 Å². The summed E-state index contributed by atoms with van der Waals surface area (Å²) < 4.78 is 0. The summed E-state index contributed by atoms with van der Waals surface area (Å²) in [5, 5.41) is 4.24. The molecule has 0 amide bonds. The van der Waals surface area contributed by atoms with Crippen LogP contribution >= 0.6 is 11.6 Å². The first kappa shape index (κ1) is 15.9. The second-order valence-electron chi connectivity index (χ2n) is 5.29. The second-order valence-corrected chi connectivity index (χ2v) is 5.73. The number of nitrogens with zero attached hydrogens (tertiary/aromatic N) is 1. The van der Waals surface area contributed by atoms with Gasteiger partial charge in [0.25, 0.3) is 0 Å². The first-order valence-electron chi connectivity index (χ1n) is 7.45. The Morgan fingerprint density at radius 2 is 1.86 bits per heavy atom. The van der Waals surface area contributed by atoms with Crippen molar-refractivity contribution < 1.29 is 0 Å². The molecule has 0 spiro atoms. The number of halogens is 1. The number of benzene rings is 2. The molecule has 0 heterocycles. The largest absolute Gasteiger partial charge is 0.370 e. The number of nitrogens with one attached hydrogen (secondary N) is 1. The molecule has 0 saturated carbocycles. The highest BCUT2D eigenvalue weighted by atomic mass is 35.5. The van der Waals surface area contributed by atoms with E-state index in [1.165, 1.54) is 16.8 Å². The summed E-state index contributed by atoms with van der Waals surface area (Å²) in [6.45, 7) is 4.96. The SMILES string of the molecule is CCCNCc1ccc(Cl)cc1N(C)Cc1ccccc1. The number of rotatable bonds is 7. The molecule has 3 heteroatoms. The van der Waals surface area contributed by atoms with Crippen LogP contribution in [0.15, 0.2) is 48.5 Å². The molecular weight excluding hydrogens is 280 g/mol. The topological polar surface area (TPSA) is 15.3 Å². The van der Waals surface area contributed by atoms with Crippen molar-refractivity contribution in [2.45, 2.75) is 26.4 Å². The predicted molar refractivity (Wildman–Crippen MR) is 92.0 cm³/mol. The molecule has 1 N–H and O–H groups in total. The van der Waals surface area contributed by atoms with Gasteiger partial charge < -0.3 is 10.2 Å². The predicted octanol–water partition coefficient (Wildman–Crippen LogP) is 4.48. The zero-order valence-electron chi connectivity index (χ0n) is 12.8. The van der Waals surface area contributed by atoms with Gasteiger partial charge in [-0.25, -0.2) is 0 Å². The van der Waals surface area contributed by atoms with E-state index in [0.29, 0.717) is 0 Å². The standard InChI is InChI=1S/C18H23ClN2/c1-3-11-20-13-16-9-10-17(19)12-18(16)21(2)14-15-7-5-4-6-8-15/h4-10,12,20H,3,11,13-14H2,1-2H3. The van der Waals surface area contributed by atoms with E-state index in [1.807, 2.05) is 18.2 Å². The lowest BCUT2D eigenvalue weighted by atomic mass is 10.1. The fourth-order valence-electron chi connectivity index (χ4n) is 2.38. The van der Waals surface area contributed by atoms with Crippen molar-refractivity contribution >= 4 is 17.3 Å². The molecule has 0 aliphatic heterocycles. The Kier molecular flexibility index (Phi) is 6.09. The van der Waals surface area contributed by atoms with Crippen LogP contribution in [0.5, 0.6) is 0 Å². The molecule has 0 radical (unpaired) electrons. The van der Waals surface area contributed by atoms with Crippen LogP contribution in [0.25, 0.3) is 0 Å². The molecule has 0 aromatic heterocycles. The van der Waals surface area contributed by atoms with Gasteiger partial charge in [0.15, 0.2) is 0 Å². The highest BCUT2D eigenvalue weighted by molar-refractivity contribution is 6.30. The van der Waals surface area contributed by atoms with E-state index >= 15 is 0 Å². The Balaban J connectivity index is 2.14. The van der Waals surface area contributed by atoms with E-state index in [9.17, 15) is 0 Å². The van der Waals surface area contributed by atoms with E-state index in [1.54, 1.807) is 0 Å². The van der Waals surface area contributed by atoms with Crippen LogP contribution in [-0.2, 0) is 13.1 Å². The van der Waals surface area contributed by atoms with Crippen LogP contribution < -0.4 is 10.2 Å². The Labute approximate surface area is 132 Å². The average Bonchev–Trinajstić information content (AvgIpc) is 2.50. The van der Waals surface area contributed by atoms with E-state index in [2.05, 4.69) is 54.5 Å². The van der Waals surface area contributed by atoms with Gasteiger partial charge in [-0.2, -0.15) is 0 Å². The molecular formula is C18H23ClN2. The van der Waals surface area contributed by atoms with Crippen molar-refractivity contribution in [2.75, 3.05) is 18.5 Å². The fraction of sp³-hybridized carbons (Fsp3) is 0.333. The molecule has 2 aromatic rings. The second kappa shape index (κ2) is 8.06. The van der Waals surface area contributed by atoms with Crippen LogP contribution in [0.3, 0.4) is 0 Å². The minimum absolute atomic E-state index is 0.782. The highest BCUT2D eigenvalue weighted by Crippen LogP contribution is 2.25. The maximum Gasteiger partial charge on any atom is 0.0427 e. The Morgan fingerprint density at radius 1 is 1.10 bits per heavy atom. The van der Waals surface area contributed by atoms with Crippen molar-refractivity contribution in [3.8, 4) is 0 Å². The molecule has 2 nitrogen and oxygen atoms in total. The summed E-state index contributed by atoms with van der Waals surface area (Å²) in [4.78, 5) is 2.25. The summed E-state index contributed by atoms with van der Waals surface area (Å²) in [5.74, 6) is 0. The van der Waals surface area contributed by atoms with Crippen molar-refractivity contribution in [1.29, 1.82) is 0 Å². The van der Waals surface area contributed by atoms with Gasteiger partial charge in [0, 0.05) is 30.8 Å². The number of anilines is 1. The zero-order valence-corrected chi connectivity index (χ0v) is 13.5. The summed E-state index contributed by atoms with van der Waals surface area (Å²) in [7, 11) is 2.11. The molecule has 0 saturated heterocycles. The molecule has 2 aromatic carbocycles.